The van der Waals surface area contributed by atoms with Crippen molar-refractivity contribution >= 4 is 18.1 Å². The lowest BCUT2D eigenvalue weighted by atomic mass is 10.1. The number of nitrogens with zero attached hydrogens (tertiary/aromatic N) is 2. The second-order valence-electron chi connectivity index (χ2n) is 6.69. The van der Waals surface area contributed by atoms with Gasteiger partial charge in [0.2, 0.25) is 5.91 Å². The average molecular weight is 364 g/mol. The van der Waals surface area contributed by atoms with Crippen molar-refractivity contribution in [2.45, 2.75) is 37.6 Å². The number of hydrogen-bond acceptors (Lipinski definition) is 3. The molecule has 1 aromatic heterocycles. The van der Waals surface area contributed by atoms with Crippen molar-refractivity contribution in [3.05, 3.63) is 46.0 Å². The normalized spacial score (nSPS) is 22.0. The molecule has 25 heavy (non-hydrogen) atoms. The van der Waals surface area contributed by atoms with Crippen LogP contribution in [-0.4, -0.2) is 27.2 Å². The molecule has 2 aromatic rings. The van der Waals surface area contributed by atoms with Crippen molar-refractivity contribution in [3.8, 4) is 0 Å². The standard InChI is InChI=1S/C17H18F2N4OS/c18-12-2-1-3-13(19)14(12)10-8-11(10)16(24)20-6-7-23-15(9-4-5-9)21-22-17(23)25/h1-3,9-11H,4-8H2,(H,20,24)(H,22,25)/t10-,11+/m0/s1. The molecule has 5 nitrogen and oxygen atoms in total. The van der Waals surface area contributed by atoms with Gasteiger partial charge in [0.1, 0.15) is 17.5 Å². The molecular formula is C17H18F2N4OS. The summed E-state index contributed by atoms with van der Waals surface area (Å²) in [6.07, 6.45) is 2.70. The summed E-state index contributed by atoms with van der Waals surface area (Å²) in [5.41, 5.74) is 0.0238. The van der Waals surface area contributed by atoms with E-state index in [-0.39, 0.29) is 23.3 Å². The predicted octanol–water partition coefficient (Wildman–Crippen LogP) is 3.02. The SMILES string of the molecule is O=C(NCCn1c(C2CC2)n[nH]c1=S)[C@@H]1C[C@@H]1c1c(F)cccc1F. The molecule has 0 radical (unpaired) electrons. The van der Waals surface area contributed by atoms with Crippen molar-refractivity contribution < 1.29 is 13.6 Å². The van der Waals surface area contributed by atoms with E-state index in [0.717, 1.165) is 18.7 Å². The molecule has 8 heteroatoms. The molecule has 2 aliphatic rings. The molecule has 2 N–H and O–H groups in total. The number of amides is 1. The van der Waals surface area contributed by atoms with Gasteiger partial charge >= 0.3 is 0 Å². The van der Waals surface area contributed by atoms with E-state index in [1.54, 1.807) is 0 Å². The Morgan fingerprint density at radius 3 is 2.76 bits per heavy atom. The van der Waals surface area contributed by atoms with Gasteiger partial charge in [0, 0.05) is 36.4 Å². The van der Waals surface area contributed by atoms with E-state index < -0.39 is 11.6 Å². The molecule has 0 saturated heterocycles. The zero-order valence-electron chi connectivity index (χ0n) is 13.5. The van der Waals surface area contributed by atoms with Crippen molar-refractivity contribution in [1.82, 2.24) is 20.1 Å². The van der Waals surface area contributed by atoms with E-state index in [0.29, 0.717) is 30.2 Å². The molecule has 1 amide bonds. The van der Waals surface area contributed by atoms with Crippen LogP contribution in [0, 0.1) is 22.3 Å². The van der Waals surface area contributed by atoms with Gasteiger partial charge in [-0.1, -0.05) is 6.07 Å². The summed E-state index contributed by atoms with van der Waals surface area (Å²) < 4.78 is 30.0. The van der Waals surface area contributed by atoms with Gasteiger partial charge in [-0.3, -0.25) is 9.89 Å². The molecule has 4 rings (SSSR count). The molecule has 2 aliphatic carbocycles. The topological polar surface area (TPSA) is 62.7 Å². The van der Waals surface area contributed by atoms with Gasteiger partial charge in [0.25, 0.3) is 0 Å². The van der Waals surface area contributed by atoms with Crippen LogP contribution in [0.3, 0.4) is 0 Å². The second-order valence-corrected chi connectivity index (χ2v) is 7.07. The number of hydrogen-bond donors (Lipinski definition) is 2. The number of carbonyl (C=O) groups is 1. The summed E-state index contributed by atoms with van der Waals surface area (Å²) in [4.78, 5) is 12.2. The van der Waals surface area contributed by atoms with Crippen LogP contribution >= 0.6 is 12.2 Å². The minimum Gasteiger partial charge on any atom is -0.354 e. The molecule has 0 bridgehead atoms. The number of benzene rings is 1. The largest absolute Gasteiger partial charge is 0.354 e. The third kappa shape index (κ3) is 3.22. The Morgan fingerprint density at radius 1 is 1.36 bits per heavy atom. The summed E-state index contributed by atoms with van der Waals surface area (Å²) in [6, 6.07) is 3.79. The maximum absolute atomic E-state index is 13.8. The number of carbonyl (C=O) groups excluding carboxylic acids is 1. The Balaban J connectivity index is 1.34. The lowest BCUT2D eigenvalue weighted by molar-refractivity contribution is -0.122. The second kappa shape index (κ2) is 6.33. The Hall–Kier alpha value is -2.09. The van der Waals surface area contributed by atoms with Crippen LogP contribution in [0.4, 0.5) is 8.78 Å². The van der Waals surface area contributed by atoms with Crippen molar-refractivity contribution in [2.24, 2.45) is 5.92 Å². The Labute approximate surface area is 148 Å². The number of nitrogens with one attached hydrogen (secondary N) is 2. The van der Waals surface area contributed by atoms with Crippen LogP contribution in [-0.2, 0) is 11.3 Å². The molecule has 2 saturated carbocycles. The first-order chi connectivity index (χ1) is 12.1. The molecule has 0 unspecified atom stereocenters. The molecule has 0 spiro atoms. The Bertz CT molecular complexity index is 854. The quantitative estimate of drug-likeness (QED) is 0.775. The molecule has 0 aliphatic heterocycles. The molecule has 1 aromatic carbocycles. The van der Waals surface area contributed by atoms with E-state index in [9.17, 15) is 13.6 Å². The first kappa shape index (κ1) is 16.4. The number of H-pyrrole nitrogens is 1. The molecule has 2 fully saturated rings. The Kier molecular flexibility index (Phi) is 4.15. The zero-order chi connectivity index (χ0) is 17.6. The van der Waals surface area contributed by atoms with Crippen LogP contribution in [0.2, 0.25) is 0 Å². The molecule has 132 valence electrons. The highest BCUT2D eigenvalue weighted by Gasteiger charge is 2.46. The van der Waals surface area contributed by atoms with Crippen molar-refractivity contribution in [1.29, 1.82) is 0 Å². The van der Waals surface area contributed by atoms with Gasteiger partial charge in [-0.2, -0.15) is 5.10 Å². The number of aromatic nitrogens is 3. The highest BCUT2D eigenvalue weighted by Crippen LogP contribution is 2.49. The fourth-order valence-corrected chi connectivity index (χ4v) is 3.52. The molecule has 1 heterocycles. The monoisotopic (exact) mass is 364 g/mol. The van der Waals surface area contributed by atoms with E-state index in [2.05, 4.69) is 15.5 Å². The third-order valence-corrected chi connectivity index (χ3v) is 5.17. The highest BCUT2D eigenvalue weighted by molar-refractivity contribution is 7.71. The number of halogens is 2. The average Bonchev–Trinajstić information content (AvgIpc) is 3.48. The van der Waals surface area contributed by atoms with E-state index >= 15 is 0 Å². The van der Waals surface area contributed by atoms with Crippen molar-refractivity contribution in [2.75, 3.05) is 6.54 Å². The minimum atomic E-state index is -0.584. The van der Waals surface area contributed by atoms with Gasteiger partial charge in [0.05, 0.1) is 0 Å². The van der Waals surface area contributed by atoms with Gasteiger partial charge in [-0.15, -0.1) is 0 Å². The third-order valence-electron chi connectivity index (χ3n) is 4.86. The lowest BCUT2D eigenvalue weighted by Gasteiger charge is -2.08. The lowest BCUT2D eigenvalue weighted by Crippen LogP contribution is -2.29. The van der Waals surface area contributed by atoms with Gasteiger partial charge < -0.3 is 9.88 Å². The minimum absolute atomic E-state index is 0.0238. The fraction of sp³-hybridized carbons (Fsp3) is 0.471. The van der Waals surface area contributed by atoms with E-state index in [1.165, 1.54) is 18.2 Å². The number of aromatic amines is 1. The van der Waals surface area contributed by atoms with E-state index in [4.69, 9.17) is 12.2 Å². The highest BCUT2D eigenvalue weighted by atomic mass is 32.1. The summed E-state index contributed by atoms with van der Waals surface area (Å²) in [5, 5.41) is 9.88. The van der Waals surface area contributed by atoms with E-state index in [1.807, 2.05) is 4.57 Å². The summed E-state index contributed by atoms with van der Waals surface area (Å²) >= 11 is 5.22. The maximum Gasteiger partial charge on any atom is 0.223 e. The van der Waals surface area contributed by atoms with Crippen LogP contribution < -0.4 is 5.32 Å². The van der Waals surface area contributed by atoms with Gasteiger partial charge in [0.15, 0.2) is 4.77 Å². The van der Waals surface area contributed by atoms with Crippen LogP contribution in [0.25, 0.3) is 0 Å². The number of rotatable bonds is 6. The fourth-order valence-electron chi connectivity index (χ4n) is 3.29. The van der Waals surface area contributed by atoms with Crippen LogP contribution in [0.1, 0.15) is 42.5 Å². The first-order valence-corrected chi connectivity index (χ1v) is 8.84. The summed E-state index contributed by atoms with van der Waals surface area (Å²) in [6.45, 7) is 0.952. The molecular weight excluding hydrogens is 346 g/mol. The van der Waals surface area contributed by atoms with Gasteiger partial charge in [-0.25, -0.2) is 8.78 Å². The Morgan fingerprint density at radius 2 is 2.08 bits per heavy atom. The molecule has 2 atom stereocenters. The maximum atomic E-state index is 13.8. The predicted molar refractivity (Wildman–Crippen MR) is 89.6 cm³/mol. The zero-order valence-corrected chi connectivity index (χ0v) is 14.3. The van der Waals surface area contributed by atoms with Gasteiger partial charge in [-0.05, 0) is 43.6 Å². The summed E-state index contributed by atoms with van der Waals surface area (Å²) in [7, 11) is 0. The smallest absolute Gasteiger partial charge is 0.223 e. The van der Waals surface area contributed by atoms with Crippen LogP contribution in [0.15, 0.2) is 18.2 Å². The van der Waals surface area contributed by atoms with Crippen LogP contribution in [0.5, 0.6) is 0 Å². The van der Waals surface area contributed by atoms with Crippen molar-refractivity contribution in [3.63, 3.8) is 0 Å². The summed E-state index contributed by atoms with van der Waals surface area (Å²) in [5.74, 6) is -0.683. The first-order valence-electron chi connectivity index (χ1n) is 8.43.